The Kier molecular flexibility index (Phi) is 3.95. The summed E-state index contributed by atoms with van der Waals surface area (Å²) in [7, 11) is 6.77. The van der Waals surface area contributed by atoms with E-state index < -0.39 is 0 Å². The smallest absolute Gasteiger partial charge is 0.0806 e. The molecule has 1 unspecified atom stereocenters. The zero-order valence-electron chi connectivity index (χ0n) is 8.15. The van der Waals surface area contributed by atoms with Crippen LogP contribution in [0.25, 0.3) is 0 Å². The maximum Gasteiger partial charge on any atom is 0.0806 e. The molecule has 0 amide bonds. The highest BCUT2D eigenvalue weighted by molar-refractivity contribution is 4.48. The number of rotatable bonds is 4. The predicted octanol–water partition coefficient (Wildman–Crippen LogP) is 2.13. The molecule has 0 aromatic carbocycles. The van der Waals surface area contributed by atoms with Gasteiger partial charge in [-0.3, -0.25) is 0 Å². The molecule has 0 aliphatic rings. The lowest BCUT2D eigenvalue weighted by Crippen LogP contribution is -2.38. The molecule has 0 rings (SSSR count). The molecule has 10 heavy (non-hydrogen) atoms. The van der Waals surface area contributed by atoms with E-state index in [1.54, 1.807) is 0 Å². The van der Waals surface area contributed by atoms with Gasteiger partial charge in [-0.05, 0) is 6.42 Å². The Labute approximate surface area is 65.6 Å². The summed E-state index contributed by atoms with van der Waals surface area (Å²) in [5.74, 6) is 0.880. The Hall–Kier alpha value is -0.0400. The molecule has 0 heterocycles. The summed E-state index contributed by atoms with van der Waals surface area (Å²) in [6, 6.07) is 0. The predicted molar refractivity (Wildman–Crippen MR) is 47.0 cm³/mol. The van der Waals surface area contributed by atoms with Gasteiger partial charge in [-0.25, -0.2) is 0 Å². The minimum absolute atomic E-state index is 0.880. The van der Waals surface area contributed by atoms with Gasteiger partial charge in [0.25, 0.3) is 0 Å². The van der Waals surface area contributed by atoms with Crippen molar-refractivity contribution in [2.75, 3.05) is 27.7 Å². The average Bonchev–Trinajstić information content (AvgIpc) is 1.59. The molecule has 0 radical (unpaired) electrons. The molecular formula is C9H22N+. The van der Waals surface area contributed by atoms with Crippen molar-refractivity contribution in [3.8, 4) is 0 Å². The minimum Gasteiger partial charge on any atom is -0.331 e. The van der Waals surface area contributed by atoms with Crippen LogP contribution < -0.4 is 0 Å². The third-order valence-corrected chi connectivity index (χ3v) is 1.64. The van der Waals surface area contributed by atoms with Crippen LogP contribution in [0.3, 0.4) is 0 Å². The van der Waals surface area contributed by atoms with Crippen molar-refractivity contribution < 1.29 is 4.48 Å². The highest BCUT2D eigenvalue weighted by atomic mass is 15.3. The molecule has 62 valence electrons. The third-order valence-electron chi connectivity index (χ3n) is 1.64. The number of hydrogen-bond acceptors (Lipinski definition) is 0. The van der Waals surface area contributed by atoms with Crippen molar-refractivity contribution >= 4 is 0 Å². The summed E-state index contributed by atoms with van der Waals surface area (Å²) in [4.78, 5) is 0. The van der Waals surface area contributed by atoms with E-state index in [4.69, 9.17) is 0 Å². The van der Waals surface area contributed by atoms with Crippen LogP contribution in [0.5, 0.6) is 0 Å². The van der Waals surface area contributed by atoms with Crippen LogP contribution in [0, 0.1) is 5.92 Å². The van der Waals surface area contributed by atoms with Gasteiger partial charge in [-0.15, -0.1) is 0 Å². The van der Waals surface area contributed by atoms with Crippen LogP contribution in [0.4, 0.5) is 0 Å². The molecule has 1 atom stereocenters. The van der Waals surface area contributed by atoms with E-state index in [9.17, 15) is 0 Å². The Morgan fingerprint density at radius 3 is 2.00 bits per heavy atom. The molecule has 0 saturated carbocycles. The first-order valence-electron chi connectivity index (χ1n) is 4.26. The number of nitrogens with zero attached hydrogens (tertiary/aromatic N) is 1. The van der Waals surface area contributed by atoms with Gasteiger partial charge in [0.2, 0.25) is 0 Å². The molecule has 0 N–H and O–H groups in total. The molecule has 0 aliphatic carbocycles. The molecule has 0 aromatic heterocycles. The molecule has 0 saturated heterocycles. The topological polar surface area (TPSA) is 0 Å². The monoisotopic (exact) mass is 144 g/mol. The standard InChI is InChI=1S/C9H22N/c1-6-7-9(2)8-10(3,4)5/h9H,6-8H2,1-5H3/q+1. The summed E-state index contributed by atoms with van der Waals surface area (Å²) >= 11 is 0. The summed E-state index contributed by atoms with van der Waals surface area (Å²) in [5.41, 5.74) is 0. The summed E-state index contributed by atoms with van der Waals surface area (Å²) in [6.45, 7) is 5.90. The third kappa shape index (κ3) is 6.09. The molecule has 0 bridgehead atoms. The van der Waals surface area contributed by atoms with E-state index in [-0.39, 0.29) is 0 Å². The highest BCUT2D eigenvalue weighted by Gasteiger charge is 2.11. The summed E-state index contributed by atoms with van der Waals surface area (Å²) in [5, 5.41) is 0. The van der Waals surface area contributed by atoms with E-state index in [1.165, 1.54) is 19.4 Å². The SMILES string of the molecule is CCCC(C)C[N+](C)(C)C. The largest absolute Gasteiger partial charge is 0.331 e. The number of hydrogen-bond donors (Lipinski definition) is 0. The van der Waals surface area contributed by atoms with Crippen LogP contribution in [0.2, 0.25) is 0 Å². The molecule has 0 aliphatic heterocycles. The Morgan fingerprint density at radius 2 is 1.70 bits per heavy atom. The first-order valence-corrected chi connectivity index (χ1v) is 4.26. The van der Waals surface area contributed by atoms with E-state index in [2.05, 4.69) is 35.0 Å². The van der Waals surface area contributed by atoms with Crippen LogP contribution in [0.15, 0.2) is 0 Å². The lowest BCUT2D eigenvalue weighted by Gasteiger charge is -2.27. The van der Waals surface area contributed by atoms with E-state index in [1.807, 2.05) is 0 Å². The van der Waals surface area contributed by atoms with Gasteiger partial charge in [0.1, 0.15) is 0 Å². The zero-order valence-corrected chi connectivity index (χ0v) is 8.15. The number of quaternary nitrogens is 1. The second-order valence-electron chi connectivity index (χ2n) is 4.37. The molecule has 0 fully saturated rings. The van der Waals surface area contributed by atoms with Gasteiger partial charge in [0, 0.05) is 5.92 Å². The fraction of sp³-hybridized carbons (Fsp3) is 1.00. The molecule has 0 spiro atoms. The van der Waals surface area contributed by atoms with Gasteiger partial charge in [0.05, 0.1) is 27.7 Å². The highest BCUT2D eigenvalue weighted by Crippen LogP contribution is 2.08. The van der Waals surface area contributed by atoms with Gasteiger partial charge < -0.3 is 4.48 Å². The maximum absolute atomic E-state index is 2.34. The van der Waals surface area contributed by atoms with Crippen molar-refractivity contribution in [2.24, 2.45) is 5.92 Å². The van der Waals surface area contributed by atoms with Gasteiger partial charge >= 0.3 is 0 Å². The van der Waals surface area contributed by atoms with Crippen molar-refractivity contribution in [3.05, 3.63) is 0 Å². The Balaban J connectivity index is 3.47. The second-order valence-corrected chi connectivity index (χ2v) is 4.37. The second kappa shape index (κ2) is 3.97. The first-order chi connectivity index (χ1) is 4.45. The van der Waals surface area contributed by atoms with E-state index >= 15 is 0 Å². The fourth-order valence-electron chi connectivity index (χ4n) is 1.52. The molecule has 1 heteroatoms. The lowest BCUT2D eigenvalue weighted by atomic mass is 10.1. The maximum atomic E-state index is 2.34. The summed E-state index contributed by atoms with van der Waals surface area (Å²) in [6.07, 6.45) is 2.69. The first kappa shape index (κ1) is 9.96. The van der Waals surface area contributed by atoms with Gasteiger partial charge in [-0.1, -0.05) is 20.3 Å². The van der Waals surface area contributed by atoms with Crippen molar-refractivity contribution in [3.63, 3.8) is 0 Å². The van der Waals surface area contributed by atoms with Crippen LogP contribution in [-0.2, 0) is 0 Å². The average molecular weight is 144 g/mol. The Morgan fingerprint density at radius 1 is 1.20 bits per heavy atom. The fourth-order valence-corrected chi connectivity index (χ4v) is 1.52. The van der Waals surface area contributed by atoms with Crippen LogP contribution >= 0.6 is 0 Å². The normalized spacial score (nSPS) is 15.3. The van der Waals surface area contributed by atoms with Crippen LogP contribution in [0.1, 0.15) is 26.7 Å². The van der Waals surface area contributed by atoms with Gasteiger partial charge in [-0.2, -0.15) is 0 Å². The van der Waals surface area contributed by atoms with Crippen LogP contribution in [-0.4, -0.2) is 32.2 Å². The summed E-state index contributed by atoms with van der Waals surface area (Å²) < 4.78 is 1.10. The van der Waals surface area contributed by atoms with E-state index in [0.717, 1.165) is 10.4 Å². The van der Waals surface area contributed by atoms with Gasteiger partial charge in [0.15, 0.2) is 0 Å². The molecular weight excluding hydrogens is 122 g/mol. The Bertz CT molecular complexity index is 81.2. The molecule has 0 aromatic rings. The van der Waals surface area contributed by atoms with E-state index in [0.29, 0.717) is 0 Å². The molecule has 1 nitrogen and oxygen atoms in total. The minimum atomic E-state index is 0.880. The van der Waals surface area contributed by atoms with Crippen molar-refractivity contribution in [1.82, 2.24) is 0 Å². The zero-order chi connectivity index (χ0) is 8.20. The van der Waals surface area contributed by atoms with Crippen molar-refractivity contribution in [1.29, 1.82) is 0 Å². The van der Waals surface area contributed by atoms with Crippen molar-refractivity contribution in [2.45, 2.75) is 26.7 Å². The quantitative estimate of drug-likeness (QED) is 0.530. The lowest BCUT2D eigenvalue weighted by molar-refractivity contribution is -0.873.